The largest absolute Gasteiger partial charge is 0.497 e. The van der Waals surface area contributed by atoms with Gasteiger partial charge in [-0.15, -0.1) is 0 Å². The van der Waals surface area contributed by atoms with Crippen LogP contribution in [0.5, 0.6) is 5.75 Å². The summed E-state index contributed by atoms with van der Waals surface area (Å²) in [5.74, 6) is 1.24. The number of hydrogen-bond acceptors (Lipinski definition) is 5. The summed E-state index contributed by atoms with van der Waals surface area (Å²) in [5.41, 5.74) is 1.45. The number of rotatable bonds is 4. The summed E-state index contributed by atoms with van der Waals surface area (Å²) >= 11 is 0. The predicted molar refractivity (Wildman–Crippen MR) is 81.6 cm³/mol. The molecule has 1 saturated heterocycles. The van der Waals surface area contributed by atoms with Crippen molar-refractivity contribution >= 4 is 11.6 Å². The Balaban J connectivity index is 1.67. The van der Waals surface area contributed by atoms with Crippen LogP contribution in [0, 0.1) is 0 Å². The number of ether oxygens (including phenoxy) is 2. The number of aromatic nitrogens is 2. The third-order valence-electron chi connectivity index (χ3n) is 3.49. The highest BCUT2D eigenvalue weighted by Crippen LogP contribution is 2.20. The van der Waals surface area contributed by atoms with E-state index < -0.39 is 0 Å². The molecule has 6 heteroatoms. The fraction of sp³-hybridized carbons (Fsp3) is 0.312. The molecule has 6 nitrogen and oxygen atoms in total. The fourth-order valence-electron chi connectivity index (χ4n) is 2.29. The summed E-state index contributed by atoms with van der Waals surface area (Å²) in [6, 6.07) is 7.48. The van der Waals surface area contributed by atoms with E-state index >= 15 is 0 Å². The first-order valence-electron chi connectivity index (χ1n) is 7.15. The molecule has 1 N–H and O–H groups in total. The van der Waals surface area contributed by atoms with E-state index in [1.165, 1.54) is 0 Å². The van der Waals surface area contributed by atoms with Crippen molar-refractivity contribution in [3.05, 3.63) is 36.7 Å². The van der Waals surface area contributed by atoms with Crippen LogP contribution in [-0.2, 0) is 9.53 Å². The van der Waals surface area contributed by atoms with Gasteiger partial charge < -0.3 is 14.8 Å². The Labute approximate surface area is 128 Å². The zero-order chi connectivity index (χ0) is 15.4. The molecule has 2 aromatic rings. The van der Waals surface area contributed by atoms with Crippen LogP contribution in [0.2, 0.25) is 0 Å². The predicted octanol–water partition coefficient (Wildman–Crippen LogP) is 2.27. The number of nitrogens with zero attached hydrogens (tertiary/aromatic N) is 2. The molecule has 1 aliphatic rings. The monoisotopic (exact) mass is 299 g/mol. The molecule has 0 radical (unpaired) electrons. The lowest BCUT2D eigenvalue weighted by atomic mass is 10.2. The number of anilines is 1. The highest BCUT2D eigenvalue weighted by molar-refractivity contribution is 5.94. The van der Waals surface area contributed by atoms with E-state index in [2.05, 4.69) is 15.3 Å². The van der Waals surface area contributed by atoms with Gasteiger partial charge in [0.25, 0.3) is 5.91 Å². The zero-order valence-corrected chi connectivity index (χ0v) is 12.3. The minimum Gasteiger partial charge on any atom is -0.497 e. The van der Waals surface area contributed by atoms with Crippen LogP contribution in [0.3, 0.4) is 0 Å². The van der Waals surface area contributed by atoms with Crippen LogP contribution in [0.25, 0.3) is 11.4 Å². The Morgan fingerprint density at radius 3 is 2.59 bits per heavy atom. The lowest BCUT2D eigenvalue weighted by molar-refractivity contribution is -0.124. The SMILES string of the molecule is COc1ccc(-c2ncc(NC(=O)[C@@H]3CCCO3)cn2)cc1. The molecular weight excluding hydrogens is 282 g/mol. The highest BCUT2D eigenvalue weighted by Gasteiger charge is 2.23. The molecule has 0 aliphatic carbocycles. The molecule has 1 amide bonds. The number of benzene rings is 1. The van der Waals surface area contributed by atoms with E-state index in [1.54, 1.807) is 19.5 Å². The minimum atomic E-state index is -0.360. The van der Waals surface area contributed by atoms with Gasteiger partial charge in [0.15, 0.2) is 5.82 Å². The number of hydrogen-bond donors (Lipinski definition) is 1. The second-order valence-electron chi connectivity index (χ2n) is 5.01. The topological polar surface area (TPSA) is 73.3 Å². The summed E-state index contributed by atoms with van der Waals surface area (Å²) < 4.78 is 10.5. The third-order valence-corrected chi connectivity index (χ3v) is 3.49. The molecule has 1 aliphatic heterocycles. The lowest BCUT2D eigenvalue weighted by Gasteiger charge is -2.10. The lowest BCUT2D eigenvalue weighted by Crippen LogP contribution is -2.26. The number of methoxy groups -OCH3 is 1. The maximum Gasteiger partial charge on any atom is 0.253 e. The summed E-state index contributed by atoms with van der Waals surface area (Å²) in [6.45, 7) is 0.644. The molecule has 22 heavy (non-hydrogen) atoms. The van der Waals surface area contributed by atoms with Crippen molar-refractivity contribution in [1.82, 2.24) is 9.97 Å². The van der Waals surface area contributed by atoms with Crippen molar-refractivity contribution in [2.45, 2.75) is 18.9 Å². The van der Waals surface area contributed by atoms with Gasteiger partial charge in [-0.05, 0) is 37.1 Å². The van der Waals surface area contributed by atoms with Gasteiger partial charge in [0.1, 0.15) is 11.9 Å². The average Bonchev–Trinajstić information content (AvgIpc) is 3.10. The number of carbonyl (C=O) groups excluding carboxylic acids is 1. The quantitative estimate of drug-likeness (QED) is 0.937. The van der Waals surface area contributed by atoms with Crippen molar-refractivity contribution in [2.75, 3.05) is 19.0 Å². The van der Waals surface area contributed by atoms with Gasteiger partial charge in [0, 0.05) is 12.2 Å². The molecule has 1 aromatic heterocycles. The number of amides is 1. The summed E-state index contributed by atoms with van der Waals surface area (Å²) in [7, 11) is 1.62. The van der Waals surface area contributed by atoms with E-state index in [0.717, 1.165) is 24.2 Å². The zero-order valence-electron chi connectivity index (χ0n) is 12.3. The Morgan fingerprint density at radius 1 is 1.27 bits per heavy atom. The van der Waals surface area contributed by atoms with Gasteiger partial charge in [-0.1, -0.05) is 0 Å². The smallest absolute Gasteiger partial charge is 0.253 e. The van der Waals surface area contributed by atoms with Gasteiger partial charge in [-0.3, -0.25) is 4.79 Å². The summed E-state index contributed by atoms with van der Waals surface area (Å²) in [6.07, 6.45) is 4.52. The van der Waals surface area contributed by atoms with E-state index in [1.807, 2.05) is 24.3 Å². The van der Waals surface area contributed by atoms with Crippen molar-refractivity contribution < 1.29 is 14.3 Å². The molecule has 1 fully saturated rings. The van der Waals surface area contributed by atoms with Crippen LogP contribution in [0.15, 0.2) is 36.7 Å². The van der Waals surface area contributed by atoms with Crippen molar-refractivity contribution in [3.63, 3.8) is 0 Å². The van der Waals surface area contributed by atoms with Crippen LogP contribution in [0.4, 0.5) is 5.69 Å². The van der Waals surface area contributed by atoms with E-state index in [9.17, 15) is 4.79 Å². The maximum atomic E-state index is 11.9. The maximum absolute atomic E-state index is 11.9. The minimum absolute atomic E-state index is 0.140. The van der Waals surface area contributed by atoms with Crippen molar-refractivity contribution in [1.29, 1.82) is 0 Å². The van der Waals surface area contributed by atoms with Crippen LogP contribution < -0.4 is 10.1 Å². The fourth-order valence-corrected chi connectivity index (χ4v) is 2.29. The molecule has 1 aromatic carbocycles. The van der Waals surface area contributed by atoms with Crippen LogP contribution in [-0.4, -0.2) is 35.7 Å². The Bertz CT molecular complexity index is 635. The molecule has 3 rings (SSSR count). The molecule has 2 heterocycles. The van der Waals surface area contributed by atoms with Crippen molar-refractivity contribution in [3.8, 4) is 17.1 Å². The highest BCUT2D eigenvalue weighted by atomic mass is 16.5. The van der Waals surface area contributed by atoms with E-state index in [-0.39, 0.29) is 12.0 Å². The molecule has 114 valence electrons. The second kappa shape index (κ2) is 6.53. The number of carbonyl (C=O) groups is 1. The normalized spacial score (nSPS) is 17.2. The Hall–Kier alpha value is -2.47. The Morgan fingerprint density at radius 2 is 2.00 bits per heavy atom. The molecular formula is C16H17N3O3. The third kappa shape index (κ3) is 3.23. The summed E-state index contributed by atoms with van der Waals surface area (Å²) in [5, 5.41) is 2.77. The number of nitrogens with one attached hydrogen (secondary N) is 1. The van der Waals surface area contributed by atoms with Crippen molar-refractivity contribution in [2.24, 2.45) is 0 Å². The van der Waals surface area contributed by atoms with Crippen LogP contribution in [0.1, 0.15) is 12.8 Å². The van der Waals surface area contributed by atoms with E-state index in [0.29, 0.717) is 18.1 Å². The standard InChI is InChI=1S/C16H17N3O3/c1-21-13-6-4-11(5-7-13)15-17-9-12(10-18-15)19-16(20)14-3-2-8-22-14/h4-7,9-10,14H,2-3,8H2,1H3,(H,19,20)/t14-/m0/s1. The van der Waals surface area contributed by atoms with Gasteiger partial charge >= 0.3 is 0 Å². The summed E-state index contributed by atoms with van der Waals surface area (Å²) in [4.78, 5) is 20.5. The molecule has 0 unspecified atom stereocenters. The second-order valence-corrected chi connectivity index (χ2v) is 5.01. The average molecular weight is 299 g/mol. The molecule has 0 bridgehead atoms. The van der Waals surface area contributed by atoms with Gasteiger partial charge in [0.2, 0.25) is 0 Å². The molecule has 0 spiro atoms. The van der Waals surface area contributed by atoms with Crippen LogP contribution >= 0.6 is 0 Å². The first-order valence-corrected chi connectivity index (χ1v) is 7.15. The van der Waals surface area contributed by atoms with E-state index in [4.69, 9.17) is 9.47 Å². The Kier molecular flexibility index (Phi) is 4.29. The van der Waals surface area contributed by atoms with Gasteiger partial charge in [-0.2, -0.15) is 0 Å². The molecule has 1 atom stereocenters. The van der Waals surface area contributed by atoms with Gasteiger partial charge in [0.05, 0.1) is 25.2 Å². The molecule has 0 saturated carbocycles. The first-order chi connectivity index (χ1) is 10.8. The first kappa shape index (κ1) is 14.5. The van der Waals surface area contributed by atoms with Gasteiger partial charge in [-0.25, -0.2) is 9.97 Å².